The highest BCUT2D eigenvalue weighted by Gasteiger charge is 2.41. The molecule has 2 aromatic carbocycles. The Hall–Kier alpha value is -1.86. The summed E-state index contributed by atoms with van der Waals surface area (Å²) in [7, 11) is 0. The van der Waals surface area contributed by atoms with Gasteiger partial charge < -0.3 is 4.74 Å². The Bertz CT molecular complexity index is 781. The molecule has 1 nitrogen and oxygen atoms in total. The van der Waals surface area contributed by atoms with Crippen LogP contribution in [0.3, 0.4) is 0 Å². The number of hydrogen-bond acceptors (Lipinski definition) is 1. The molecular weight excluding hydrogens is 316 g/mol. The molecule has 0 spiro atoms. The van der Waals surface area contributed by atoms with Crippen LogP contribution in [0.2, 0.25) is 0 Å². The minimum absolute atomic E-state index is 0.291. The van der Waals surface area contributed by atoms with Crippen molar-refractivity contribution in [3.05, 3.63) is 71.3 Å². The lowest BCUT2D eigenvalue weighted by Gasteiger charge is -2.22. The van der Waals surface area contributed by atoms with Gasteiger partial charge in [0.1, 0.15) is 0 Å². The SMILES string of the molecule is c1ccc(C2=C(c3ccc(CC4CCCCC4)cc3)C3CCC2O3)cc1. The molecule has 1 heteroatoms. The highest BCUT2D eigenvalue weighted by atomic mass is 16.5. The van der Waals surface area contributed by atoms with E-state index in [4.69, 9.17) is 4.74 Å². The van der Waals surface area contributed by atoms with E-state index in [0.29, 0.717) is 12.2 Å². The largest absolute Gasteiger partial charge is 0.366 e. The molecule has 0 N–H and O–H groups in total. The van der Waals surface area contributed by atoms with Crippen molar-refractivity contribution in [2.45, 2.75) is 63.6 Å². The van der Waals surface area contributed by atoms with Crippen molar-refractivity contribution in [1.29, 1.82) is 0 Å². The maximum atomic E-state index is 6.28. The van der Waals surface area contributed by atoms with Gasteiger partial charge in [-0.1, -0.05) is 86.7 Å². The van der Waals surface area contributed by atoms with Crippen molar-refractivity contribution in [3.8, 4) is 0 Å². The fourth-order valence-electron chi connectivity index (χ4n) is 5.25. The van der Waals surface area contributed by atoms with Gasteiger partial charge in [0.05, 0.1) is 12.2 Å². The van der Waals surface area contributed by atoms with E-state index in [1.807, 2.05) is 0 Å². The second-order valence-corrected chi connectivity index (χ2v) is 8.29. The topological polar surface area (TPSA) is 9.23 Å². The molecule has 2 heterocycles. The summed E-state index contributed by atoms with van der Waals surface area (Å²) in [6, 6.07) is 20.3. The van der Waals surface area contributed by atoms with Gasteiger partial charge in [-0.15, -0.1) is 0 Å². The predicted molar refractivity (Wildman–Crippen MR) is 108 cm³/mol. The first kappa shape index (κ1) is 16.3. The minimum atomic E-state index is 0.291. The van der Waals surface area contributed by atoms with Crippen LogP contribution in [0, 0.1) is 5.92 Å². The van der Waals surface area contributed by atoms with Gasteiger partial charge in [0.15, 0.2) is 0 Å². The number of hydrogen-bond donors (Lipinski definition) is 0. The van der Waals surface area contributed by atoms with E-state index in [1.165, 1.54) is 72.8 Å². The average molecular weight is 344 g/mol. The fraction of sp³-hybridized carbons (Fsp3) is 0.440. The summed E-state index contributed by atoms with van der Waals surface area (Å²) in [6.07, 6.45) is 11.3. The van der Waals surface area contributed by atoms with Crippen molar-refractivity contribution in [3.63, 3.8) is 0 Å². The van der Waals surface area contributed by atoms with Crippen molar-refractivity contribution in [2.75, 3.05) is 0 Å². The second kappa shape index (κ2) is 7.04. The third-order valence-electron chi connectivity index (χ3n) is 6.55. The van der Waals surface area contributed by atoms with Gasteiger partial charge in [-0.05, 0) is 53.0 Å². The molecule has 0 amide bonds. The van der Waals surface area contributed by atoms with Gasteiger partial charge in [0, 0.05) is 0 Å². The molecule has 2 unspecified atom stereocenters. The van der Waals surface area contributed by atoms with Crippen LogP contribution in [-0.2, 0) is 11.2 Å². The molecule has 2 bridgehead atoms. The molecule has 5 rings (SSSR count). The maximum Gasteiger partial charge on any atom is 0.0844 e. The Kier molecular flexibility index (Phi) is 4.42. The van der Waals surface area contributed by atoms with E-state index in [0.717, 1.165) is 12.3 Å². The first-order valence-electron chi connectivity index (χ1n) is 10.4. The zero-order valence-electron chi connectivity index (χ0n) is 15.5. The van der Waals surface area contributed by atoms with Gasteiger partial charge in [-0.25, -0.2) is 0 Å². The van der Waals surface area contributed by atoms with Crippen LogP contribution in [0.5, 0.6) is 0 Å². The molecule has 2 aliphatic heterocycles. The number of benzene rings is 2. The summed E-state index contributed by atoms with van der Waals surface area (Å²) >= 11 is 0. The van der Waals surface area contributed by atoms with Crippen LogP contribution in [0.4, 0.5) is 0 Å². The normalized spacial score (nSPS) is 25.8. The van der Waals surface area contributed by atoms with Crippen LogP contribution in [-0.4, -0.2) is 12.2 Å². The van der Waals surface area contributed by atoms with E-state index in [1.54, 1.807) is 0 Å². The quantitative estimate of drug-likeness (QED) is 0.634. The van der Waals surface area contributed by atoms with E-state index in [-0.39, 0.29) is 0 Å². The molecule has 0 radical (unpaired) electrons. The lowest BCUT2D eigenvalue weighted by molar-refractivity contribution is 0.128. The van der Waals surface area contributed by atoms with Crippen molar-refractivity contribution in [1.82, 2.24) is 0 Å². The predicted octanol–water partition coefficient (Wildman–Crippen LogP) is 6.28. The van der Waals surface area contributed by atoms with Crippen molar-refractivity contribution in [2.24, 2.45) is 5.92 Å². The first-order chi connectivity index (χ1) is 12.9. The minimum Gasteiger partial charge on any atom is -0.366 e. The van der Waals surface area contributed by atoms with Crippen molar-refractivity contribution >= 4 is 11.1 Å². The first-order valence-corrected chi connectivity index (χ1v) is 10.4. The van der Waals surface area contributed by atoms with Gasteiger partial charge >= 0.3 is 0 Å². The molecule has 1 saturated heterocycles. The van der Waals surface area contributed by atoms with Gasteiger partial charge in [-0.2, -0.15) is 0 Å². The lowest BCUT2D eigenvalue weighted by atomic mass is 9.82. The van der Waals surface area contributed by atoms with E-state index in [9.17, 15) is 0 Å². The standard InChI is InChI=1S/C25H28O/c1-3-7-18(8-4-1)17-19-11-13-21(14-12-19)25-23-16-15-22(26-23)24(25)20-9-5-2-6-10-20/h2,5-6,9-14,18,22-23H,1,3-4,7-8,15-17H2. The molecule has 2 atom stereocenters. The molecule has 134 valence electrons. The Balaban J connectivity index is 1.43. The maximum absolute atomic E-state index is 6.28. The number of rotatable bonds is 4. The summed E-state index contributed by atoms with van der Waals surface area (Å²) in [6.45, 7) is 0. The zero-order valence-corrected chi connectivity index (χ0v) is 15.5. The monoisotopic (exact) mass is 344 g/mol. The Morgan fingerprint density at radius 1 is 0.654 bits per heavy atom. The Morgan fingerprint density at radius 2 is 1.27 bits per heavy atom. The highest BCUT2D eigenvalue weighted by molar-refractivity contribution is 5.97. The van der Waals surface area contributed by atoms with Gasteiger partial charge in [0.2, 0.25) is 0 Å². The van der Waals surface area contributed by atoms with Gasteiger partial charge in [0.25, 0.3) is 0 Å². The number of fused-ring (bicyclic) bond motifs is 2. The number of ether oxygens (including phenoxy) is 1. The third-order valence-corrected chi connectivity index (χ3v) is 6.55. The van der Waals surface area contributed by atoms with E-state index < -0.39 is 0 Å². The van der Waals surface area contributed by atoms with Crippen molar-refractivity contribution < 1.29 is 4.74 Å². The summed E-state index contributed by atoms with van der Waals surface area (Å²) in [5, 5.41) is 0. The summed E-state index contributed by atoms with van der Waals surface area (Å²) in [5.74, 6) is 0.902. The van der Waals surface area contributed by atoms with Crippen LogP contribution in [0.25, 0.3) is 11.1 Å². The zero-order chi connectivity index (χ0) is 17.3. The molecule has 3 aliphatic rings. The molecule has 2 fully saturated rings. The van der Waals surface area contributed by atoms with E-state index >= 15 is 0 Å². The fourth-order valence-corrected chi connectivity index (χ4v) is 5.25. The average Bonchev–Trinajstić information content (AvgIpc) is 3.32. The Labute approximate surface area is 157 Å². The van der Waals surface area contributed by atoms with E-state index in [2.05, 4.69) is 54.6 Å². The smallest absolute Gasteiger partial charge is 0.0844 e. The lowest BCUT2D eigenvalue weighted by Crippen LogP contribution is -2.10. The second-order valence-electron chi connectivity index (χ2n) is 8.29. The van der Waals surface area contributed by atoms with Crippen LogP contribution in [0.15, 0.2) is 54.6 Å². The molecule has 1 saturated carbocycles. The molecule has 2 aromatic rings. The van der Waals surface area contributed by atoms with Gasteiger partial charge in [-0.3, -0.25) is 0 Å². The highest BCUT2D eigenvalue weighted by Crippen LogP contribution is 2.48. The molecular formula is C25H28O. The molecule has 0 aromatic heterocycles. The third kappa shape index (κ3) is 3.03. The summed E-state index contributed by atoms with van der Waals surface area (Å²) < 4.78 is 6.28. The van der Waals surface area contributed by atoms with Crippen LogP contribution < -0.4 is 0 Å². The molecule has 26 heavy (non-hydrogen) atoms. The van der Waals surface area contributed by atoms with Crippen LogP contribution in [0.1, 0.15) is 61.6 Å². The molecule has 1 aliphatic carbocycles. The summed E-state index contributed by atoms with van der Waals surface area (Å²) in [4.78, 5) is 0. The summed E-state index contributed by atoms with van der Waals surface area (Å²) in [5.41, 5.74) is 7.08. The van der Waals surface area contributed by atoms with Crippen LogP contribution >= 0.6 is 0 Å². The Morgan fingerprint density at radius 3 is 1.92 bits per heavy atom.